The molecule has 0 aliphatic carbocycles. The van der Waals surface area contributed by atoms with Crippen LogP contribution in [0.4, 0.5) is 5.69 Å². The molecule has 0 radical (unpaired) electrons. The van der Waals surface area contributed by atoms with Gasteiger partial charge in [0.2, 0.25) is 10.0 Å². The summed E-state index contributed by atoms with van der Waals surface area (Å²) in [6, 6.07) is 4.59. The van der Waals surface area contributed by atoms with Crippen LogP contribution in [0, 0.1) is 0 Å². The first-order valence-electron chi connectivity index (χ1n) is 4.93. The van der Waals surface area contributed by atoms with Gasteiger partial charge < -0.3 is 5.73 Å². The van der Waals surface area contributed by atoms with E-state index in [1.54, 1.807) is 17.8 Å². The highest BCUT2D eigenvalue weighted by atomic mass is 32.2. The molecular formula is C10H16N2O2S2. The number of nitrogen functional groups attached to an aromatic ring is 1. The minimum Gasteiger partial charge on any atom is -0.398 e. The minimum absolute atomic E-state index is 0.0542. The number of rotatable bonds is 4. The van der Waals surface area contributed by atoms with Crippen molar-refractivity contribution < 1.29 is 8.42 Å². The van der Waals surface area contributed by atoms with Crippen LogP contribution in [0.15, 0.2) is 28.0 Å². The zero-order chi connectivity index (χ0) is 12.3. The number of primary sulfonamides is 1. The molecule has 0 amide bonds. The molecule has 0 saturated heterocycles. The highest BCUT2D eigenvalue weighted by Crippen LogP contribution is 2.31. The van der Waals surface area contributed by atoms with Gasteiger partial charge in [-0.05, 0) is 24.6 Å². The molecule has 1 atom stereocenters. The van der Waals surface area contributed by atoms with Crippen LogP contribution in [0.2, 0.25) is 0 Å². The molecule has 1 rings (SSSR count). The van der Waals surface area contributed by atoms with Crippen molar-refractivity contribution in [3.8, 4) is 0 Å². The lowest BCUT2D eigenvalue weighted by molar-refractivity contribution is 0.598. The SMILES string of the molecule is CCC(C)Sc1ccc(S(N)(=O)=O)cc1N. The Hall–Kier alpha value is -0.720. The number of benzene rings is 1. The zero-order valence-corrected chi connectivity index (χ0v) is 10.9. The van der Waals surface area contributed by atoms with E-state index in [9.17, 15) is 8.42 Å². The summed E-state index contributed by atoms with van der Waals surface area (Å²) in [5.74, 6) is 0. The molecule has 0 aliphatic rings. The third-order valence-electron chi connectivity index (χ3n) is 2.21. The molecule has 1 aromatic carbocycles. The van der Waals surface area contributed by atoms with E-state index in [1.165, 1.54) is 12.1 Å². The Labute approximate surface area is 100 Å². The fraction of sp³-hybridized carbons (Fsp3) is 0.400. The molecule has 1 aromatic rings. The van der Waals surface area contributed by atoms with Crippen LogP contribution in [0.25, 0.3) is 0 Å². The maximum atomic E-state index is 11.1. The average Bonchev–Trinajstić information content (AvgIpc) is 2.19. The van der Waals surface area contributed by atoms with Crippen molar-refractivity contribution >= 4 is 27.5 Å². The summed E-state index contributed by atoms with van der Waals surface area (Å²) in [6.45, 7) is 4.18. The second-order valence-corrected chi connectivity index (χ2v) is 6.62. The van der Waals surface area contributed by atoms with E-state index in [0.29, 0.717) is 10.9 Å². The van der Waals surface area contributed by atoms with Gasteiger partial charge in [-0.3, -0.25) is 0 Å². The van der Waals surface area contributed by atoms with Gasteiger partial charge in [-0.15, -0.1) is 11.8 Å². The summed E-state index contributed by atoms with van der Waals surface area (Å²) in [7, 11) is -3.67. The molecule has 0 spiro atoms. The largest absolute Gasteiger partial charge is 0.398 e. The van der Waals surface area contributed by atoms with E-state index in [4.69, 9.17) is 10.9 Å². The minimum atomic E-state index is -3.67. The van der Waals surface area contributed by atoms with Crippen molar-refractivity contribution in [2.45, 2.75) is 35.3 Å². The summed E-state index contributed by atoms with van der Waals surface area (Å²) in [5, 5.41) is 5.46. The first-order chi connectivity index (χ1) is 7.34. The van der Waals surface area contributed by atoms with Crippen molar-refractivity contribution in [3.05, 3.63) is 18.2 Å². The Bertz CT molecular complexity index is 472. The van der Waals surface area contributed by atoms with Gasteiger partial charge in [-0.1, -0.05) is 13.8 Å². The third kappa shape index (κ3) is 3.40. The Kier molecular flexibility index (Phi) is 4.23. The standard InChI is InChI=1S/C10H16N2O2S2/c1-3-7(2)15-10-5-4-8(6-9(10)11)16(12,13)14/h4-7H,3,11H2,1-2H3,(H2,12,13,14). The second-order valence-electron chi connectivity index (χ2n) is 3.58. The molecule has 0 fully saturated rings. The maximum absolute atomic E-state index is 11.1. The van der Waals surface area contributed by atoms with Crippen LogP contribution in [-0.2, 0) is 10.0 Å². The fourth-order valence-corrected chi connectivity index (χ4v) is 2.60. The van der Waals surface area contributed by atoms with Crippen molar-refractivity contribution in [2.75, 3.05) is 5.73 Å². The summed E-state index contributed by atoms with van der Waals surface area (Å²) in [4.78, 5) is 0.945. The van der Waals surface area contributed by atoms with E-state index in [1.807, 2.05) is 0 Å². The van der Waals surface area contributed by atoms with E-state index < -0.39 is 10.0 Å². The van der Waals surface area contributed by atoms with Crippen molar-refractivity contribution in [1.29, 1.82) is 0 Å². The maximum Gasteiger partial charge on any atom is 0.238 e. The van der Waals surface area contributed by atoms with Gasteiger partial charge in [0.1, 0.15) is 0 Å². The molecule has 16 heavy (non-hydrogen) atoms. The Balaban J connectivity index is 3.01. The van der Waals surface area contributed by atoms with Gasteiger partial charge in [0, 0.05) is 15.8 Å². The molecule has 90 valence electrons. The topological polar surface area (TPSA) is 86.2 Å². The third-order valence-corrected chi connectivity index (χ3v) is 4.49. The molecule has 4 nitrogen and oxygen atoms in total. The first-order valence-corrected chi connectivity index (χ1v) is 7.36. The summed E-state index contributed by atoms with van der Waals surface area (Å²) in [5.41, 5.74) is 6.24. The van der Waals surface area contributed by atoms with E-state index in [-0.39, 0.29) is 4.90 Å². The molecule has 1 unspecified atom stereocenters. The van der Waals surface area contributed by atoms with Crippen LogP contribution in [0.5, 0.6) is 0 Å². The molecule has 6 heteroatoms. The summed E-state index contributed by atoms with van der Waals surface area (Å²) in [6.07, 6.45) is 1.03. The van der Waals surface area contributed by atoms with Gasteiger partial charge in [-0.2, -0.15) is 0 Å². The summed E-state index contributed by atoms with van der Waals surface area (Å²) >= 11 is 1.63. The van der Waals surface area contributed by atoms with Crippen LogP contribution < -0.4 is 10.9 Å². The van der Waals surface area contributed by atoms with Gasteiger partial charge in [0.05, 0.1) is 4.90 Å². The number of hydrogen-bond donors (Lipinski definition) is 2. The molecule has 0 bridgehead atoms. The monoisotopic (exact) mass is 260 g/mol. The van der Waals surface area contributed by atoms with Gasteiger partial charge in [0.25, 0.3) is 0 Å². The molecule has 4 N–H and O–H groups in total. The number of nitrogens with two attached hydrogens (primary N) is 2. The van der Waals surface area contributed by atoms with Crippen molar-refractivity contribution in [2.24, 2.45) is 5.14 Å². The Morgan fingerprint density at radius 1 is 1.44 bits per heavy atom. The molecule has 0 aromatic heterocycles. The van der Waals surface area contributed by atoms with E-state index in [2.05, 4.69) is 13.8 Å². The predicted octanol–water partition coefficient (Wildman–Crippen LogP) is 1.81. The van der Waals surface area contributed by atoms with E-state index >= 15 is 0 Å². The van der Waals surface area contributed by atoms with Gasteiger partial charge >= 0.3 is 0 Å². The zero-order valence-electron chi connectivity index (χ0n) is 9.30. The quantitative estimate of drug-likeness (QED) is 0.638. The molecule has 0 saturated carbocycles. The second kappa shape index (κ2) is 5.07. The van der Waals surface area contributed by atoms with Crippen molar-refractivity contribution in [3.63, 3.8) is 0 Å². The number of thioether (sulfide) groups is 1. The Morgan fingerprint density at radius 3 is 2.50 bits per heavy atom. The van der Waals surface area contributed by atoms with Crippen LogP contribution in [0.1, 0.15) is 20.3 Å². The van der Waals surface area contributed by atoms with Crippen LogP contribution in [0.3, 0.4) is 0 Å². The smallest absolute Gasteiger partial charge is 0.238 e. The number of hydrogen-bond acceptors (Lipinski definition) is 4. The van der Waals surface area contributed by atoms with Gasteiger partial charge in [-0.25, -0.2) is 13.6 Å². The van der Waals surface area contributed by atoms with Gasteiger partial charge in [0.15, 0.2) is 0 Å². The summed E-state index contributed by atoms with van der Waals surface area (Å²) < 4.78 is 22.2. The van der Waals surface area contributed by atoms with E-state index in [0.717, 1.165) is 11.3 Å². The number of anilines is 1. The lowest BCUT2D eigenvalue weighted by atomic mass is 10.3. The molecule has 0 heterocycles. The highest BCUT2D eigenvalue weighted by molar-refractivity contribution is 8.00. The van der Waals surface area contributed by atoms with Crippen LogP contribution in [-0.4, -0.2) is 13.7 Å². The lowest BCUT2D eigenvalue weighted by Crippen LogP contribution is -2.12. The fourth-order valence-electron chi connectivity index (χ4n) is 1.11. The Morgan fingerprint density at radius 2 is 2.06 bits per heavy atom. The molecule has 0 aliphatic heterocycles. The van der Waals surface area contributed by atoms with Crippen LogP contribution >= 0.6 is 11.8 Å². The van der Waals surface area contributed by atoms with Crippen molar-refractivity contribution in [1.82, 2.24) is 0 Å². The lowest BCUT2D eigenvalue weighted by Gasteiger charge is -2.11. The predicted molar refractivity (Wildman–Crippen MR) is 67.8 cm³/mol. The molecular weight excluding hydrogens is 244 g/mol. The number of sulfonamides is 1. The normalized spacial score (nSPS) is 13.7. The average molecular weight is 260 g/mol. The first kappa shape index (κ1) is 13.3. The highest BCUT2D eigenvalue weighted by Gasteiger charge is 2.11.